The average molecular weight is 352 g/mol. The molecule has 124 valence electrons. The molecule has 5 nitrogen and oxygen atoms in total. The highest BCUT2D eigenvalue weighted by Crippen LogP contribution is 2.22. The number of carbonyl (C=O) groups excluding carboxylic acids is 1. The van der Waals surface area contributed by atoms with E-state index in [9.17, 15) is 4.79 Å². The van der Waals surface area contributed by atoms with E-state index in [-0.39, 0.29) is 12.5 Å². The first-order valence-electron chi connectivity index (χ1n) is 7.74. The number of halogens is 1. The highest BCUT2D eigenvalue weighted by Gasteiger charge is 2.23. The van der Waals surface area contributed by atoms with Gasteiger partial charge in [0.15, 0.2) is 0 Å². The fourth-order valence-corrected chi connectivity index (χ4v) is 2.89. The smallest absolute Gasteiger partial charge is 0.273 e. The number of benzene rings is 2. The third-order valence-electron chi connectivity index (χ3n) is 3.94. The van der Waals surface area contributed by atoms with Gasteiger partial charge in [0.1, 0.15) is 18.1 Å². The zero-order chi connectivity index (χ0) is 17.2. The number of aromatic amines is 1. The number of fused-ring (bicyclic) bond motifs is 1. The highest BCUT2D eigenvalue weighted by atomic mass is 35.5. The van der Waals surface area contributed by atoms with Crippen molar-refractivity contribution >= 4 is 40.2 Å². The van der Waals surface area contributed by atoms with Crippen LogP contribution < -0.4 is 10.2 Å². The molecule has 4 rings (SSSR count). The summed E-state index contributed by atoms with van der Waals surface area (Å²) in [6.07, 6.45) is 3.69. The second-order valence-corrected chi connectivity index (χ2v) is 6.03. The van der Waals surface area contributed by atoms with Gasteiger partial charge in [-0.2, -0.15) is 5.10 Å². The molecule has 2 aromatic carbocycles. The number of hydrogen-bond acceptors (Lipinski definition) is 3. The molecule has 0 radical (unpaired) electrons. The SMILES string of the molecule is O=C1NN=C(COc2cccc(Cl)c2)C1=Cc1c[nH]c2ccccc12. The summed E-state index contributed by atoms with van der Waals surface area (Å²) in [6.45, 7) is 0.174. The summed E-state index contributed by atoms with van der Waals surface area (Å²) in [7, 11) is 0. The van der Waals surface area contributed by atoms with Crippen LogP contribution >= 0.6 is 11.6 Å². The van der Waals surface area contributed by atoms with Crippen LogP contribution in [0.2, 0.25) is 5.02 Å². The first-order chi connectivity index (χ1) is 12.2. The molecule has 3 aromatic rings. The molecule has 6 heteroatoms. The second kappa shape index (κ2) is 6.45. The van der Waals surface area contributed by atoms with Crippen LogP contribution in [-0.4, -0.2) is 23.2 Å². The Morgan fingerprint density at radius 2 is 2.04 bits per heavy atom. The number of nitrogens with zero attached hydrogens (tertiary/aromatic N) is 1. The number of ether oxygens (including phenoxy) is 1. The van der Waals surface area contributed by atoms with Crippen LogP contribution in [0, 0.1) is 0 Å². The Hall–Kier alpha value is -3.05. The van der Waals surface area contributed by atoms with Gasteiger partial charge in [-0.25, -0.2) is 5.43 Å². The van der Waals surface area contributed by atoms with Crippen molar-refractivity contribution in [3.05, 3.63) is 70.9 Å². The number of H-pyrrole nitrogens is 1. The molecule has 0 aliphatic carbocycles. The van der Waals surface area contributed by atoms with Crippen LogP contribution in [0.5, 0.6) is 5.75 Å². The predicted octanol–water partition coefficient (Wildman–Crippen LogP) is 3.77. The summed E-state index contributed by atoms with van der Waals surface area (Å²) in [5.41, 5.74) is 5.48. The largest absolute Gasteiger partial charge is 0.487 e. The molecular formula is C19H14ClN3O2. The summed E-state index contributed by atoms with van der Waals surface area (Å²) in [4.78, 5) is 15.3. The van der Waals surface area contributed by atoms with Crippen molar-refractivity contribution in [1.29, 1.82) is 0 Å². The monoisotopic (exact) mass is 351 g/mol. The first-order valence-corrected chi connectivity index (χ1v) is 8.12. The lowest BCUT2D eigenvalue weighted by atomic mass is 10.1. The summed E-state index contributed by atoms with van der Waals surface area (Å²) in [5.74, 6) is 0.385. The van der Waals surface area contributed by atoms with E-state index in [2.05, 4.69) is 15.5 Å². The van der Waals surface area contributed by atoms with Crippen LogP contribution in [0.3, 0.4) is 0 Å². The van der Waals surface area contributed by atoms with Gasteiger partial charge in [0.25, 0.3) is 5.91 Å². The fourth-order valence-electron chi connectivity index (χ4n) is 2.71. The van der Waals surface area contributed by atoms with E-state index in [1.54, 1.807) is 24.3 Å². The van der Waals surface area contributed by atoms with Crippen LogP contribution in [-0.2, 0) is 4.79 Å². The van der Waals surface area contributed by atoms with Crippen molar-refractivity contribution < 1.29 is 9.53 Å². The zero-order valence-corrected chi connectivity index (χ0v) is 13.9. The highest BCUT2D eigenvalue weighted by molar-refractivity contribution is 6.30. The van der Waals surface area contributed by atoms with Gasteiger partial charge < -0.3 is 9.72 Å². The lowest BCUT2D eigenvalue weighted by molar-refractivity contribution is -0.116. The number of nitrogens with one attached hydrogen (secondary N) is 2. The molecule has 25 heavy (non-hydrogen) atoms. The maximum absolute atomic E-state index is 12.1. The number of aromatic nitrogens is 1. The Morgan fingerprint density at radius 3 is 2.92 bits per heavy atom. The standard InChI is InChI=1S/C19H14ClN3O2/c20-13-4-3-5-14(9-13)25-11-18-16(19(24)23-22-18)8-12-10-21-17-7-2-1-6-15(12)17/h1-10,21H,11H2,(H,23,24). The molecule has 0 atom stereocenters. The van der Waals surface area contributed by atoms with Crippen molar-refractivity contribution in [2.75, 3.05) is 6.61 Å². The molecule has 0 unspecified atom stereocenters. The average Bonchev–Trinajstić information content (AvgIpc) is 3.18. The lowest BCUT2D eigenvalue weighted by Gasteiger charge is -2.06. The molecule has 0 saturated heterocycles. The molecule has 0 spiro atoms. The van der Waals surface area contributed by atoms with Crippen LogP contribution in [0.15, 0.2) is 65.4 Å². The molecule has 1 aliphatic rings. The maximum Gasteiger partial charge on any atom is 0.273 e. The molecule has 1 amide bonds. The van der Waals surface area contributed by atoms with Crippen LogP contribution in [0.25, 0.3) is 17.0 Å². The minimum atomic E-state index is -0.241. The van der Waals surface area contributed by atoms with Gasteiger partial charge in [0.2, 0.25) is 0 Å². The Bertz CT molecular complexity index is 1020. The number of carbonyl (C=O) groups is 1. The van der Waals surface area contributed by atoms with Crippen LogP contribution in [0.4, 0.5) is 0 Å². The quantitative estimate of drug-likeness (QED) is 0.703. The minimum Gasteiger partial charge on any atom is -0.487 e. The van der Waals surface area contributed by atoms with Gasteiger partial charge in [0, 0.05) is 27.7 Å². The molecule has 0 fully saturated rings. The molecule has 2 N–H and O–H groups in total. The van der Waals surface area contributed by atoms with Crippen molar-refractivity contribution in [3.63, 3.8) is 0 Å². The summed E-state index contributed by atoms with van der Waals surface area (Å²) in [6, 6.07) is 15.0. The number of amides is 1. The number of hydrazone groups is 1. The number of para-hydroxylation sites is 1. The third kappa shape index (κ3) is 3.14. The number of hydrogen-bond donors (Lipinski definition) is 2. The van der Waals surface area contributed by atoms with Crippen molar-refractivity contribution in [2.24, 2.45) is 5.10 Å². The normalized spacial score (nSPS) is 15.5. The summed E-state index contributed by atoms with van der Waals surface area (Å²) in [5, 5.41) is 5.72. The van der Waals surface area contributed by atoms with Gasteiger partial charge in [0.05, 0.1) is 5.57 Å². The molecule has 1 aliphatic heterocycles. The van der Waals surface area contributed by atoms with Crippen molar-refractivity contribution in [1.82, 2.24) is 10.4 Å². The molecule has 0 bridgehead atoms. The molecule has 2 heterocycles. The van der Waals surface area contributed by atoms with Gasteiger partial charge in [-0.3, -0.25) is 4.79 Å². The summed E-state index contributed by atoms with van der Waals surface area (Å²) < 4.78 is 5.70. The maximum atomic E-state index is 12.1. The lowest BCUT2D eigenvalue weighted by Crippen LogP contribution is -2.16. The first kappa shape index (κ1) is 15.5. The Kier molecular flexibility index (Phi) is 3.99. The number of rotatable bonds is 4. The van der Waals surface area contributed by atoms with E-state index in [0.29, 0.717) is 22.1 Å². The second-order valence-electron chi connectivity index (χ2n) is 5.59. The van der Waals surface area contributed by atoms with Crippen LogP contribution in [0.1, 0.15) is 5.56 Å². The fraction of sp³-hybridized carbons (Fsp3) is 0.0526. The van der Waals surface area contributed by atoms with Crippen molar-refractivity contribution in [2.45, 2.75) is 0 Å². The predicted molar refractivity (Wildman–Crippen MR) is 98.8 cm³/mol. The van der Waals surface area contributed by atoms with Gasteiger partial charge in [-0.05, 0) is 30.3 Å². The van der Waals surface area contributed by atoms with Crippen molar-refractivity contribution in [3.8, 4) is 5.75 Å². The molecule has 0 saturated carbocycles. The van der Waals surface area contributed by atoms with E-state index in [4.69, 9.17) is 16.3 Å². The topological polar surface area (TPSA) is 66.5 Å². The van der Waals surface area contributed by atoms with E-state index in [1.807, 2.05) is 36.5 Å². The molecular weight excluding hydrogens is 338 g/mol. The third-order valence-corrected chi connectivity index (χ3v) is 4.18. The van der Waals surface area contributed by atoms with Gasteiger partial charge in [-0.15, -0.1) is 0 Å². The molecule has 1 aromatic heterocycles. The minimum absolute atomic E-state index is 0.174. The van der Waals surface area contributed by atoms with Gasteiger partial charge >= 0.3 is 0 Å². The van der Waals surface area contributed by atoms with E-state index < -0.39 is 0 Å². The Morgan fingerprint density at radius 1 is 1.16 bits per heavy atom. The van der Waals surface area contributed by atoms with E-state index in [1.165, 1.54) is 0 Å². The Labute approximate surface area is 149 Å². The zero-order valence-electron chi connectivity index (χ0n) is 13.1. The van der Waals surface area contributed by atoms with E-state index in [0.717, 1.165) is 16.5 Å². The van der Waals surface area contributed by atoms with Gasteiger partial charge in [-0.1, -0.05) is 35.9 Å². The Balaban J connectivity index is 1.59. The summed E-state index contributed by atoms with van der Waals surface area (Å²) >= 11 is 5.95. The van der Waals surface area contributed by atoms with E-state index >= 15 is 0 Å².